The standard InChI is InChI=1S/C13H21N3O.ClH/c1-14-7-10-16-8-4-13(17,5-9-16)12-3-2-6-15-11-12;/h2-3,6,11,14,17H,4-5,7-10H2,1H3;1H. The smallest absolute Gasteiger partial charge is 0.0935 e. The molecule has 2 heterocycles. The van der Waals surface area contributed by atoms with Gasteiger partial charge in [-0.25, -0.2) is 0 Å². The number of hydrogen-bond donors (Lipinski definition) is 2. The van der Waals surface area contributed by atoms with Crippen LogP contribution in [0.5, 0.6) is 0 Å². The molecule has 2 N–H and O–H groups in total. The van der Waals surface area contributed by atoms with Crippen LogP contribution in [0.1, 0.15) is 18.4 Å². The average Bonchev–Trinajstić information content (AvgIpc) is 2.39. The van der Waals surface area contributed by atoms with Gasteiger partial charge in [0.05, 0.1) is 5.60 Å². The van der Waals surface area contributed by atoms with Crippen LogP contribution in [0.25, 0.3) is 0 Å². The van der Waals surface area contributed by atoms with Crippen LogP contribution in [0.15, 0.2) is 24.5 Å². The highest BCUT2D eigenvalue weighted by molar-refractivity contribution is 5.85. The van der Waals surface area contributed by atoms with Crippen LogP contribution in [0.3, 0.4) is 0 Å². The van der Waals surface area contributed by atoms with Crippen molar-refractivity contribution in [3.05, 3.63) is 30.1 Å². The number of aromatic nitrogens is 1. The molecule has 2 rings (SSSR count). The SMILES string of the molecule is CNCCN1CCC(O)(c2cccnc2)CC1.Cl. The maximum Gasteiger partial charge on any atom is 0.0935 e. The number of piperidine rings is 1. The van der Waals surface area contributed by atoms with Gasteiger partial charge in [-0.2, -0.15) is 0 Å². The van der Waals surface area contributed by atoms with Crippen LogP contribution >= 0.6 is 12.4 Å². The highest BCUT2D eigenvalue weighted by Gasteiger charge is 2.33. The van der Waals surface area contributed by atoms with Crippen molar-refractivity contribution in [2.75, 3.05) is 33.2 Å². The van der Waals surface area contributed by atoms with E-state index in [0.717, 1.165) is 44.6 Å². The Balaban J connectivity index is 0.00000162. The first-order valence-corrected chi connectivity index (χ1v) is 6.24. The Morgan fingerprint density at radius 2 is 2.17 bits per heavy atom. The molecular formula is C13H22ClN3O. The van der Waals surface area contributed by atoms with E-state index in [0.29, 0.717) is 0 Å². The summed E-state index contributed by atoms with van der Waals surface area (Å²) in [7, 11) is 1.97. The first-order chi connectivity index (χ1) is 8.24. The Bertz CT molecular complexity index is 339. The van der Waals surface area contributed by atoms with Gasteiger partial charge in [-0.05, 0) is 26.0 Å². The molecule has 4 nitrogen and oxygen atoms in total. The molecule has 0 aromatic carbocycles. The lowest BCUT2D eigenvalue weighted by molar-refractivity contribution is -0.0257. The number of likely N-dealkylation sites (N-methyl/N-ethyl adjacent to an activating group) is 1. The van der Waals surface area contributed by atoms with E-state index in [1.807, 2.05) is 19.2 Å². The van der Waals surface area contributed by atoms with Crippen LogP contribution in [-0.4, -0.2) is 48.2 Å². The van der Waals surface area contributed by atoms with Crippen molar-refractivity contribution in [2.24, 2.45) is 0 Å². The summed E-state index contributed by atoms with van der Waals surface area (Å²) in [6.45, 7) is 3.96. The fourth-order valence-corrected chi connectivity index (χ4v) is 2.34. The van der Waals surface area contributed by atoms with Crippen molar-refractivity contribution in [1.29, 1.82) is 0 Å². The normalized spacial score (nSPS) is 19.2. The summed E-state index contributed by atoms with van der Waals surface area (Å²) in [6, 6.07) is 3.86. The lowest BCUT2D eigenvalue weighted by Crippen LogP contribution is -2.44. The Morgan fingerprint density at radius 3 is 2.72 bits per heavy atom. The van der Waals surface area contributed by atoms with Crippen molar-refractivity contribution in [1.82, 2.24) is 15.2 Å². The highest BCUT2D eigenvalue weighted by atomic mass is 35.5. The van der Waals surface area contributed by atoms with Gasteiger partial charge >= 0.3 is 0 Å². The molecule has 0 saturated carbocycles. The van der Waals surface area contributed by atoms with E-state index >= 15 is 0 Å². The quantitative estimate of drug-likeness (QED) is 0.858. The van der Waals surface area contributed by atoms with Crippen molar-refractivity contribution >= 4 is 12.4 Å². The zero-order valence-electron chi connectivity index (χ0n) is 10.8. The summed E-state index contributed by atoms with van der Waals surface area (Å²) < 4.78 is 0. The maximum atomic E-state index is 10.6. The molecule has 0 radical (unpaired) electrons. The van der Waals surface area contributed by atoms with Crippen molar-refractivity contribution in [3.63, 3.8) is 0 Å². The van der Waals surface area contributed by atoms with Crippen LogP contribution in [-0.2, 0) is 5.60 Å². The van der Waals surface area contributed by atoms with Crippen molar-refractivity contribution < 1.29 is 5.11 Å². The number of hydrogen-bond acceptors (Lipinski definition) is 4. The van der Waals surface area contributed by atoms with E-state index in [1.165, 1.54) is 0 Å². The molecule has 0 atom stereocenters. The van der Waals surface area contributed by atoms with E-state index in [2.05, 4.69) is 15.2 Å². The first-order valence-electron chi connectivity index (χ1n) is 6.24. The van der Waals surface area contributed by atoms with E-state index < -0.39 is 5.60 Å². The average molecular weight is 272 g/mol. The number of aliphatic hydroxyl groups is 1. The molecule has 1 aromatic heterocycles. The van der Waals surface area contributed by atoms with Crippen molar-refractivity contribution in [2.45, 2.75) is 18.4 Å². The second-order valence-electron chi connectivity index (χ2n) is 4.72. The van der Waals surface area contributed by atoms with Gasteiger partial charge in [0.15, 0.2) is 0 Å². The van der Waals surface area contributed by atoms with Gasteiger partial charge in [0.25, 0.3) is 0 Å². The third-order valence-corrected chi connectivity index (χ3v) is 3.56. The summed E-state index contributed by atoms with van der Waals surface area (Å²) in [4.78, 5) is 6.48. The van der Waals surface area contributed by atoms with Gasteiger partial charge in [-0.1, -0.05) is 6.07 Å². The largest absolute Gasteiger partial charge is 0.385 e. The minimum atomic E-state index is -0.676. The number of nitrogens with zero attached hydrogens (tertiary/aromatic N) is 2. The summed E-state index contributed by atoms with van der Waals surface area (Å²) in [5.74, 6) is 0. The number of likely N-dealkylation sites (tertiary alicyclic amines) is 1. The molecule has 0 bridgehead atoms. The predicted octanol–water partition coefficient (Wildman–Crippen LogP) is 1.01. The lowest BCUT2D eigenvalue weighted by atomic mass is 9.85. The molecule has 0 amide bonds. The molecule has 1 fully saturated rings. The Labute approximate surface area is 115 Å². The summed E-state index contributed by atoms with van der Waals surface area (Å²) in [6.07, 6.45) is 5.11. The fourth-order valence-electron chi connectivity index (χ4n) is 2.34. The minimum Gasteiger partial charge on any atom is -0.385 e. The molecule has 5 heteroatoms. The van der Waals surface area contributed by atoms with E-state index in [-0.39, 0.29) is 12.4 Å². The molecule has 1 aliphatic rings. The molecule has 0 unspecified atom stereocenters. The Morgan fingerprint density at radius 1 is 1.44 bits per heavy atom. The Hall–Kier alpha value is -0.680. The summed E-state index contributed by atoms with van der Waals surface area (Å²) in [5.41, 5.74) is 0.276. The molecule has 18 heavy (non-hydrogen) atoms. The van der Waals surface area contributed by atoms with Gasteiger partial charge in [0.2, 0.25) is 0 Å². The molecule has 0 spiro atoms. The second-order valence-corrected chi connectivity index (χ2v) is 4.72. The van der Waals surface area contributed by atoms with Crippen molar-refractivity contribution in [3.8, 4) is 0 Å². The summed E-state index contributed by atoms with van der Waals surface area (Å²) in [5, 5.41) is 13.8. The van der Waals surface area contributed by atoms with Crippen LogP contribution in [0.4, 0.5) is 0 Å². The highest BCUT2D eigenvalue weighted by Crippen LogP contribution is 2.31. The first kappa shape index (κ1) is 15.4. The lowest BCUT2D eigenvalue weighted by Gasteiger charge is -2.38. The third-order valence-electron chi connectivity index (χ3n) is 3.56. The molecule has 0 aliphatic carbocycles. The molecule has 1 saturated heterocycles. The van der Waals surface area contributed by atoms with Gasteiger partial charge in [-0.3, -0.25) is 4.98 Å². The monoisotopic (exact) mass is 271 g/mol. The zero-order chi connectivity index (χ0) is 12.1. The molecular weight excluding hydrogens is 250 g/mol. The number of halogens is 1. The third kappa shape index (κ3) is 3.65. The van der Waals surface area contributed by atoms with Gasteiger partial charge in [-0.15, -0.1) is 12.4 Å². The number of pyridine rings is 1. The van der Waals surface area contributed by atoms with Gasteiger partial charge in [0.1, 0.15) is 0 Å². The van der Waals surface area contributed by atoms with E-state index in [4.69, 9.17) is 0 Å². The molecule has 102 valence electrons. The van der Waals surface area contributed by atoms with Gasteiger partial charge in [0, 0.05) is 44.1 Å². The van der Waals surface area contributed by atoms with Crippen LogP contribution in [0.2, 0.25) is 0 Å². The number of rotatable bonds is 4. The predicted molar refractivity (Wildman–Crippen MR) is 75.0 cm³/mol. The molecule has 1 aromatic rings. The molecule has 1 aliphatic heterocycles. The Kier molecular flexibility index (Phi) is 6.02. The van der Waals surface area contributed by atoms with E-state index in [9.17, 15) is 5.11 Å². The minimum absolute atomic E-state index is 0. The van der Waals surface area contributed by atoms with Gasteiger partial charge < -0.3 is 15.3 Å². The zero-order valence-corrected chi connectivity index (χ0v) is 11.6. The second kappa shape index (κ2) is 7.04. The van der Waals surface area contributed by atoms with Crippen LogP contribution in [0, 0.1) is 0 Å². The van der Waals surface area contributed by atoms with Crippen LogP contribution < -0.4 is 5.32 Å². The maximum absolute atomic E-state index is 10.6. The van der Waals surface area contributed by atoms with E-state index in [1.54, 1.807) is 12.4 Å². The summed E-state index contributed by atoms with van der Waals surface area (Å²) >= 11 is 0. The fraction of sp³-hybridized carbons (Fsp3) is 0.615. The number of nitrogens with one attached hydrogen (secondary N) is 1. The topological polar surface area (TPSA) is 48.4 Å².